The first-order valence-electron chi connectivity index (χ1n) is 6.98. The van der Waals surface area contributed by atoms with Crippen LogP contribution in [0.1, 0.15) is 40.0 Å². The summed E-state index contributed by atoms with van der Waals surface area (Å²) in [4.78, 5) is 2.98. The zero-order valence-electron chi connectivity index (χ0n) is 13.0. The smallest absolute Gasteiger partial charge is 0.192 e. The highest BCUT2D eigenvalue weighted by Gasteiger charge is 2.44. The Bertz CT molecular complexity index is 348. The number of azide groups is 1. The Morgan fingerprint density at radius 1 is 1.26 bits per heavy atom. The maximum absolute atomic E-state index is 8.73. The van der Waals surface area contributed by atoms with Crippen molar-refractivity contribution in [3.63, 3.8) is 0 Å². The second kappa shape index (κ2) is 6.26. The Morgan fingerprint density at radius 2 is 1.89 bits per heavy atom. The van der Waals surface area contributed by atoms with Crippen LogP contribution in [0.4, 0.5) is 0 Å². The molecule has 1 saturated carbocycles. The predicted octanol–water partition coefficient (Wildman–Crippen LogP) is 4.25. The molecule has 1 rings (SSSR count). The summed E-state index contributed by atoms with van der Waals surface area (Å²) in [6.07, 6.45) is 2.84. The number of nitrogens with zero attached hydrogens (tertiary/aromatic N) is 3. The maximum atomic E-state index is 8.73. The van der Waals surface area contributed by atoms with Gasteiger partial charge in [0, 0.05) is 12.0 Å². The first kappa shape index (κ1) is 16.5. The predicted molar refractivity (Wildman–Crippen MR) is 79.7 cm³/mol. The molecule has 1 aliphatic rings. The molecule has 0 N–H and O–H groups in total. The summed E-state index contributed by atoms with van der Waals surface area (Å²) in [6.45, 7) is 11.1. The van der Waals surface area contributed by atoms with Gasteiger partial charge in [0.2, 0.25) is 0 Å². The average molecular weight is 285 g/mol. The largest absolute Gasteiger partial charge is 0.411 e. The van der Waals surface area contributed by atoms with Gasteiger partial charge < -0.3 is 9.16 Å². The number of methoxy groups -OCH3 is 1. The fourth-order valence-corrected chi connectivity index (χ4v) is 3.56. The Morgan fingerprint density at radius 3 is 2.37 bits per heavy atom. The summed E-state index contributed by atoms with van der Waals surface area (Å²) >= 11 is 0. The van der Waals surface area contributed by atoms with Gasteiger partial charge in [-0.3, -0.25) is 0 Å². The monoisotopic (exact) mass is 285 g/mol. The first-order valence-corrected chi connectivity index (χ1v) is 9.88. The lowest BCUT2D eigenvalue weighted by Gasteiger charge is -2.44. The van der Waals surface area contributed by atoms with Crippen LogP contribution >= 0.6 is 0 Å². The summed E-state index contributed by atoms with van der Waals surface area (Å²) in [5.41, 5.74) is 8.73. The molecule has 0 saturated heterocycles. The van der Waals surface area contributed by atoms with Crippen molar-refractivity contribution in [1.82, 2.24) is 0 Å². The second-order valence-corrected chi connectivity index (χ2v) is 11.6. The topological polar surface area (TPSA) is 67.2 Å². The molecule has 0 amide bonds. The first-order chi connectivity index (χ1) is 8.73. The van der Waals surface area contributed by atoms with E-state index in [0.29, 0.717) is 0 Å². The molecule has 0 aliphatic heterocycles. The van der Waals surface area contributed by atoms with Gasteiger partial charge in [-0.2, -0.15) is 0 Å². The summed E-state index contributed by atoms with van der Waals surface area (Å²) in [7, 11) is -0.171. The van der Waals surface area contributed by atoms with E-state index < -0.39 is 8.32 Å². The number of rotatable bonds is 4. The third-order valence-corrected chi connectivity index (χ3v) is 8.95. The van der Waals surface area contributed by atoms with Crippen LogP contribution in [0.5, 0.6) is 0 Å². The van der Waals surface area contributed by atoms with Crippen molar-refractivity contribution in [3.05, 3.63) is 10.4 Å². The number of hydrogen-bond acceptors (Lipinski definition) is 3. The minimum absolute atomic E-state index is 0.0402. The molecule has 6 heteroatoms. The number of hydrogen-bond donors (Lipinski definition) is 0. The summed E-state index contributed by atoms with van der Waals surface area (Å²) in [5.74, 6) is 0. The van der Waals surface area contributed by atoms with Gasteiger partial charge in [-0.05, 0) is 36.5 Å². The molecule has 5 nitrogen and oxygen atoms in total. The minimum Gasteiger partial charge on any atom is -0.411 e. The van der Waals surface area contributed by atoms with Crippen molar-refractivity contribution >= 4 is 8.32 Å². The van der Waals surface area contributed by atoms with Gasteiger partial charge in [0.05, 0.1) is 18.2 Å². The van der Waals surface area contributed by atoms with E-state index in [0.717, 1.165) is 19.3 Å². The zero-order chi connectivity index (χ0) is 14.7. The Labute approximate surface area is 117 Å². The molecule has 1 fully saturated rings. The highest BCUT2D eigenvalue weighted by molar-refractivity contribution is 6.74. The van der Waals surface area contributed by atoms with Gasteiger partial charge in [-0.25, -0.2) is 0 Å². The molecule has 1 aliphatic carbocycles. The van der Waals surface area contributed by atoms with Gasteiger partial charge in [-0.1, -0.05) is 32.3 Å². The molecule has 3 atom stereocenters. The average Bonchev–Trinajstić information content (AvgIpc) is 2.30. The van der Waals surface area contributed by atoms with E-state index in [9.17, 15) is 0 Å². The quantitative estimate of drug-likeness (QED) is 0.335. The van der Waals surface area contributed by atoms with E-state index in [1.165, 1.54) is 0 Å². The molecular weight excluding hydrogens is 258 g/mol. The lowest BCUT2D eigenvalue weighted by molar-refractivity contribution is -0.0386. The van der Waals surface area contributed by atoms with Crippen LogP contribution < -0.4 is 0 Å². The van der Waals surface area contributed by atoms with Crippen LogP contribution in [-0.4, -0.2) is 33.7 Å². The summed E-state index contributed by atoms with van der Waals surface area (Å²) < 4.78 is 12.0. The molecule has 0 aromatic rings. The minimum atomic E-state index is -1.88. The van der Waals surface area contributed by atoms with Gasteiger partial charge >= 0.3 is 0 Å². The van der Waals surface area contributed by atoms with Crippen molar-refractivity contribution in [2.24, 2.45) is 5.11 Å². The van der Waals surface area contributed by atoms with Crippen LogP contribution in [0.15, 0.2) is 5.11 Å². The molecular formula is C13H27N3O2Si. The fraction of sp³-hybridized carbons (Fsp3) is 1.00. The number of ether oxygens (including phenoxy) is 1. The Balaban J connectivity index is 2.93. The van der Waals surface area contributed by atoms with Gasteiger partial charge in [0.1, 0.15) is 0 Å². The van der Waals surface area contributed by atoms with E-state index in [-0.39, 0.29) is 23.3 Å². The van der Waals surface area contributed by atoms with Crippen molar-refractivity contribution < 1.29 is 9.16 Å². The van der Waals surface area contributed by atoms with Crippen molar-refractivity contribution in [1.29, 1.82) is 0 Å². The lowest BCUT2D eigenvalue weighted by Crippen LogP contribution is -2.52. The molecule has 0 radical (unpaired) electrons. The highest BCUT2D eigenvalue weighted by atomic mass is 28.4. The normalized spacial score (nSPS) is 28.8. The second-order valence-electron chi connectivity index (χ2n) is 6.82. The molecule has 2 unspecified atom stereocenters. The van der Waals surface area contributed by atoms with Crippen LogP contribution in [0.25, 0.3) is 10.4 Å². The van der Waals surface area contributed by atoms with E-state index in [1.54, 1.807) is 7.11 Å². The molecule has 0 aromatic heterocycles. The van der Waals surface area contributed by atoms with E-state index in [4.69, 9.17) is 14.7 Å². The van der Waals surface area contributed by atoms with E-state index in [1.807, 2.05) is 0 Å². The van der Waals surface area contributed by atoms with Crippen molar-refractivity contribution in [2.75, 3.05) is 7.11 Å². The van der Waals surface area contributed by atoms with Crippen molar-refractivity contribution in [3.8, 4) is 0 Å². The van der Waals surface area contributed by atoms with Gasteiger partial charge in [-0.15, -0.1) is 0 Å². The molecule has 0 aromatic carbocycles. The fourth-order valence-electron chi connectivity index (χ4n) is 2.22. The van der Waals surface area contributed by atoms with Crippen LogP contribution in [-0.2, 0) is 9.16 Å². The molecule has 19 heavy (non-hydrogen) atoms. The van der Waals surface area contributed by atoms with E-state index in [2.05, 4.69) is 43.9 Å². The Hall–Kier alpha value is -0.553. The van der Waals surface area contributed by atoms with Crippen LogP contribution in [0.3, 0.4) is 0 Å². The lowest BCUT2D eigenvalue weighted by atomic mass is 9.90. The van der Waals surface area contributed by atoms with Gasteiger partial charge in [0.25, 0.3) is 0 Å². The third kappa shape index (κ3) is 3.95. The Kier molecular flexibility index (Phi) is 5.44. The maximum Gasteiger partial charge on any atom is 0.192 e. The highest BCUT2D eigenvalue weighted by Crippen LogP contribution is 2.40. The standard InChI is InChI=1S/C13H27N3O2Si/c1-13(2,3)19(5,6)18-12-10(15-16-14)8-7-9-11(12)17-4/h10-12H,7-9H2,1-6H3/t10?,11-,12?/m1/s1. The molecule has 0 heterocycles. The van der Waals surface area contributed by atoms with Crippen molar-refractivity contribution in [2.45, 2.75) is 76.4 Å². The van der Waals surface area contributed by atoms with Crippen LogP contribution in [0, 0.1) is 0 Å². The summed E-state index contributed by atoms with van der Waals surface area (Å²) in [6, 6.07) is -0.0992. The van der Waals surface area contributed by atoms with Gasteiger partial charge in [0.15, 0.2) is 8.32 Å². The zero-order valence-corrected chi connectivity index (χ0v) is 14.0. The molecule has 110 valence electrons. The van der Waals surface area contributed by atoms with Crippen LogP contribution in [0.2, 0.25) is 18.1 Å². The molecule has 0 bridgehead atoms. The SMILES string of the molecule is CO[C@@H]1CCCC(N=[N+]=[N-])C1O[Si](C)(C)C(C)(C)C. The molecule has 0 spiro atoms. The third-order valence-electron chi connectivity index (χ3n) is 4.47. The van der Waals surface area contributed by atoms with E-state index >= 15 is 0 Å². The summed E-state index contributed by atoms with van der Waals surface area (Å²) in [5, 5.41) is 4.07.